The summed E-state index contributed by atoms with van der Waals surface area (Å²) >= 11 is 0. The van der Waals surface area contributed by atoms with Crippen molar-refractivity contribution in [2.24, 2.45) is 5.73 Å². The smallest absolute Gasteiger partial charge is 0.400 e. The second-order valence-corrected chi connectivity index (χ2v) is 6.16. The minimum Gasteiger partial charge on any atom is -0.400 e. The lowest BCUT2D eigenvalue weighted by Crippen LogP contribution is -2.41. The van der Waals surface area contributed by atoms with E-state index in [4.69, 9.17) is 15.0 Å². The van der Waals surface area contributed by atoms with E-state index in [1.54, 1.807) is 6.20 Å². The van der Waals surface area contributed by atoms with Crippen molar-refractivity contribution in [1.82, 2.24) is 4.98 Å². The Balaban J connectivity index is 2.16. The van der Waals surface area contributed by atoms with Crippen LogP contribution in [0.2, 0.25) is 0 Å². The average molecular weight is 274 g/mol. The lowest BCUT2D eigenvalue weighted by Gasteiger charge is -2.32. The second kappa shape index (κ2) is 5.32. The molecule has 108 valence electrons. The van der Waals surface area contributed by atoms with Gasteiger partial charge in [0.2, 0.25) is 0 Å². The van der Waals surface area contributed by atoms with Gasteiger partial charge in [0.15, 0.2) is 0 Å². The summed E-state index contributed by atoms with van der Waals surface area (Å²) in [7, 11) is -0.325. The third-order valence-electron chi connectivity index (χ3n) is 4.25. The van der Waals surface area contributed by atoms with Gasteiger partial charge < -0.3 is 15.0 Å². The largest absolute Gasteiger partial charge is 0.487 e. The van der Waals surface area contributed by atoms with Gasteiger partial charge in [-0.2, -0.15) is 0 Å². The van der Waals surface area contributed by atoms with Crippen LogP contribution in [0.5, 0.6) is 0 Å². The van der Waals surface area contributed by atoms with Gasteiger partial charge in [-0.3, -0.25) is 4.98 Å². The van der Waals surface area contributed by atoms with E-state index in [0.29, 0.717) is 6.54 Å². The van der Waals surface area contributed by atoms with Crippen molar-refractivity contribution in [3.63, 3.8) is 0 Å². The first-order valence-electron chi connectivity index (χ1n) is 6.95. The van der Waals surface area contributed by atoms with Crippen LogP contribution in [0.4, 0.5) is 0 Å². The molecule has 1 aromatic heterocycles. The van der Waals surface area contributed by atoms with Crippen LogP contribution in [0.25, 0.3) is 6.08 Å². The molecule has 0 bridgehead atoms. The van der Waals surface area contributed by atoms with Crippen LogP contribution in [0.1, 0.15) is 44.5 Å². The van der Waals surface area contributed by atoms with Crippen molar-refractivity contribution in [2.45, 2.75) is 52.4 Å². The van der Waals surface area contributed by atoms with E-state index in [2.05, 4.69) is 4.98 Å². The molecule has 20 heavy (non-hydrogen) atoms. The summed E-state index contributed by atoms with van der Waals surface area (Å²) in [6, 6.07) is 1.97. The molecule has 1 aliphatic rings. The Morgan fingerprint density at radius 2 is 1.85 bits per heavy atom. The van der Waals surface area contributed by atoms with Crippen LogP contribution in [0, 0.1) is 6.92 Å². The molecule has 0 aromatic carbocycles. The zero-order chi connectivity index (χ0) is 15.0. The van der Waals surface area contributed by atoms with Crippen LogP contribution in [-0.4, -0.2) is 23.3 Å². The van der Waals surface area contributed by atoms with Gasteiger partial charge in [-0.1, -0.05) is 12.1 Å². The highest BCUT2D eigenvalue weighted by molar-refractivity contribution is 6.52. The molecule has 1 aliphatic heterocycles. The Kier molecular flexibility index (Phi) is 4.05. The van der Waals surface area contributed by atoms with Crippen molar-refractivity contribution in [1.29, 1.82) is 0 Å². The minimum atomic E-state index is -0.325. The first-order valence-corrected chi connectivity index (χ1v) is 6.95. The van der Waals surface area contributed by atoms with Gasteiger partial charge in [-0.15, -0.1) is 0 Å². The summed E-state index contributed by atoms with van der Waals surface area (Å²) in [5, 5.41) is 0. The average Bonchev–Trinajstić information content (AvgIpc) is 2.56. The number of nitrogens with zero attached hydrogens (tertiary/aromatic N) is 1. The molecule has 1 saturated heterocycles. The number of hydrogen-bond acceptors (Lipinski definition) is 4. The van der Waals surface area contributed by atoms with Gasteiger partial charge in [0.1, 0.15) is 0 Å². The maximum Gasteiger partial charge on any atom is 0.487 e. The first kappa shape index (κ1) is 15.2. The zero-order valence-corrected chi connectivity index (χ0v) is 12.9. The van der Waals surface area contributed by atoms with Crippen molar-refractivity contribution in [2.75, 3.05) is 0 Å². The van der Waals surface area contributed by atoms with E-state index >= 15 is 0 Å². The number of hydrogen-bond donors (Lipinski definition) is 1. The van der Waals surface area contributed by atoms with Gasteiger partial charge in [-0.05, 0) is 51.8 Å². The van der Waals surface area contributed by atoms with Crippen LogP contribution in [0.15, 0.2) is 18.2 Å². The van der Waals surface area contributed by atoms with Crippen molar-refractivity contribution >= 4 is 13.2 Å². The van der Waals surface area contributed by atoms with Crippen molar-refractivity contribution < 1.29 is 9.31 Å². The topological polar surface area (TPSA) is 57.4 Å². The Morgan fingerprint density at radius 3 is 2.40 bits per heavy atom. The fourth-order valence-corrected chi connectivity index (χ4v) is 2.13. The van der Waals surface area contributed by atoms with Gasteiger partial charge >= 0.3 is 7.12 Å². The summed E-state index contributed by atoms with van der Waals surface area (Å²) < 4.78 is 11.9. The molecule has 0 unspecified atom stereocenters. The third kappa shape index (κ3) is 2.80. The highest BCUT2D eigenvalue weighted by Crippen LogP contribution is 2.37. The van der Waals surface area contributed by atoms with Gasteiger partial charge in [0.25, 0.3) is 0 Å². The maximum atomic E-state index is 5.93. The molecule has 2 heterocycles. The molecule has 0 atom stereocenters. The zero-order valence-electron chi connectivity index (χ0n) is 12.9. The third-order valence-corrected chi connectivity index (χ3v) is 4.25. The Morgan fingerprint density at radius 1 is 1.25 bits per heavy atom. The lowest BCUT2D eigenvalue weighted by molar-refractivity contribution is 0.00578. The molecule has 0 spiro atoms. The highest BCUT2D eigenvalue weighted by Gasteiger charge is 2.49. The summed E-state index contributed by atoms with van der Waals surface area (Å²) in [6.07, 6.45) is 3.79. The fraction of sp³-hybridized carbons (Fsp3) is 0.533. The van der Waals surface area contributed by atoms with E-state index < -0.39 is 0 Å². The second-order valence-electron chi connectivity index (χ2n) is 6.16. The molecule has 0 saturated carbocycles. The van der Waals surface area contributed by atoms with Gasteiger partial charge in [-0.25, -0.2) is 0 Å². The minimum absolute atomic E-state index is 0.308. The molecule has 4 nitrogen and oxygen atoms in total. The maximum absolute atomic E-state index is 5.93. The van der Waals surface area contributed by atoms with Gasteiger partial charge in [0, 0.05) is 12.7 Å². The van der Waals surface area contributed by atoms with Crippen LogP contribution in [-0.2, 0) is 15.9 Å². The first-order chi connectivity index (χ1) is 9.27. The summed E-state index contributed by atoms with van der Waals surface area (Å²) in [4.78, 5) is 4.26. The summed E-state index contributed by atoms with van der Waals surface area (Å²) in [6.45, 7) is 10.7. The van der Waals surface area contributed by atoms with E-state index in [0.717, 1.165) is 16.8 Å². The SMILES string of the molecule is Cc1c(/C=C/B2OC(C)(C)C(C)(C)O2)ccnc1CN. The molecular formula is C15H23BN2O2. The van der Waals surface area contributed by atoms with Crippen molar-refractivity contribution in [3.8, 4) is 0 Å². The molecule has 1 aromatic rings. The lowest BCUT2D eigenvalue weighted by atomic mass is 9.88. The van der Waals surface area contributed by atoms with Crippen LogP contribution >= 0.6 is 0 Å². The molecule has 0 amide bonds. The fourth-order valence-electron chi connectivity index (χ4n) is 2.13. The molecule has 5 heteroatoms. The molecular weight excluding hydrogens is 251 g/mol. The highest BCUT2D eigenvalue weighted by atomic mass is 16.7. The molecule has 2 N–H and O–H groups in total. The Bertz CT molecular complexity index is 511. The predicted octanol–water partition coefficient (Wildman–Crippen LogP) is 2.49. The normalized spacial score (nSPS) is 20.8. The number of aromatic nitrogens is 1. The van der Waals surface area contributed by atoms with E-state index in [1.807, 2.05) is 52.7 Å². The Labute approximate surface area is 121 Å². The molecule has 1 fully saturated rings. The van der Waals surface area contributed by atoms with Crippen LogP contribution < -0.4 is 5.73 Å². The predicted molar refractivity (Wildman–Crippen MR) is 82.0 cm³/mol. The summed E-state index contributed by atoms with van der Waals surface area (Å²) in [5.41, 5.74) is 8.17. The molecule has 2 rings (SSSR count). The Hall–Kier alpha value is -1.17. The quantitative estimate of drug-likeness (QED) is 0.860. The standard InChI is InChI=1S/C15H23BN2O2/c1-11-12(7-9-18-13(11)10-17)6-8-16-19-14(2,3)15(4,5)20-16/h6-9H,10,17H2,1-5H3/b8-6+. The van der Waals surface area contributed by atoms with E-state index in [1.165, 1.54) is 0 Å². The van der Waals surface area contributed by atoms with E-state index in [9.17, 15) is 0 Å². The summed E-state index contributed by atoms with van der Waals surface area (Å²) in [5.74, 6) is 1.94. The monoisotopic (exact) mass is 274 g/mol. The van der Waals surface area contributed by atoms with E-state index in [-0.39, 0.29) is 18.3 Å². The van der Waals surface area contributed by atoms with Crippen molar-refractivity contribution in [3.05, 3.63) is 35.1 Å². The van der Waals surface area contributed by atoms with Crippen LogP contribution in [0.3, 0.4) is 0 Å². The molecule has 0 radical (unpaired) electrons. The number of pyridine rings is 1. The number of nitrogens with two attached hydrogens (primary N) is 1. The van der Waals surface area contributed by atoms with Gasteiger partial charge in [0.05, 0.1) is 16.9 Å². The number of rotatable bonds is 3. The molecule has 0 aliphatic carbocycles.